The standard InChI is InChI=1S/C15H14BrNO3S/c1-2-20-15(12-6-4-3-5-7-12)17-21(18,19)14-10-8-13(16)9-11-14/h3-11H,2H2,1H3. The molecule has 2 rings (SSSR count). The van der Waals surface area contributed by atoms with E-state index in [0.717, 1.165) is 4.47 Å². The van der Waals surface area contributed by atoms with Crippen LogP contribution in [0.25, 0.3) is 0 Å². The fraction of sp³-hybridized carbons (Fsp3) is 0.133. The van der Waals surface area contributed by atoms with Crippen molar-refractivity contribution < 1.29 is 13.2 Å². The molecule has 0 saturated heterocycles. The fourth-order valence-electron chi connectivity index (χ4n) is 1.65. The molecule has 0 aliphatic rings. The molecule has 0 heterocycles. The molecule has 4 nitrogen and oxygen atoms in total. The van der Waals surface area contributed by atoms with Crippen LogP contribution in [0.2, 0.25) is 0 Å². The van der Waals surface area contributed by atoms with Gasteiger partial charge < -0.3 is 4.74 Å². The zero-order valence-corrected chi connectivity index (χ0v) is 13.8. The van der Waals surface area contributed by atoms with E-state index in [-0.39, 0.29) is 10.8 Å². The second-order valence-electron chi connectivity index (χ2n) is 4.12. The molecule has 110 valence electrons. The summed E-state index contributed by atoms with van der Waals surface area (Å²) >= 11 is 3.27. The summed E-state index contributed by atoms with van der Waals surface area (Å²) in [5.41, 5.74) is 0.625. The van der Waals surface area contributed by atoms with Crippen molar-refractivity contribution >= 4 is 31.9 Å². The number of nitrogens with zero attached hydrogens (tertiary/aromatic N) is 1. The Balaban J connectivity index is 2.44. The highest BCUT2D eigenvalue weighted by atomic mass is 79.9. The van der Waals surface area contributed by atoms with E-state index in [0.29, 0.717) is 12.2 Å². The molecule has 0 N–H and O–H groups in total. The minimum atomic E-state index is -3.80. The van der Waals surface area contributed by atoms with Gasteiger partial charge in [-0.3, -0.25) is 0 Å². The van der Waals surface area contributed by atoms with E-state index in [1.54, 1.807) is 43.3 Å². The molecule has 0 bridgehead atoms. The summed E-state index contributed by atoms with van der Waals surface area (Å²) in [6.45, 7) is 2.12. The van der Waals surface area contributed by atoms with Crippen LogP contribution in [0.5, 0.6) is 0 Å². The number of benzene rings is 2. The molecule has 0 spiro atoms. The molecule has 0 saturated carbocycles. The number of ether oxygens (including phenoxy) is 1. The van der Waals surface area contributed by atoms with E-state index in [9.17, 15) is 8.42 Å². The molecule has 0 radical (unpaired) electrons. The number of halogens is 1. The van der Waals surface area contributed by atoms with Crippen LogP contribution in [-0.2, 0) is 14.8 Å². The van der Waals surface area contributed by atoms with E-state index in [4.69, 9.17) is 4.74 Å². The number of hydrogen-bond donors (Lipinski definition) is 0. The van der Waals surface area contributed by atoms with E-state index in [1.165, 1.54) is 12.1 Å². The van der Waals surface area contributed by atoms with Crippen LogP contribution >= 0.6 is 15.9 Å². The van der Waals surface area contributed by atoms with Gasteiger partial charge in [-0.1, -0.05) is 34.1 Å². The van der Waals surface area contributed by atoms with E-state index in [1.807, 2.05) is 6.07 Å². The second kappa shape index (κ2) is 6.87. The third-order valence-corrected chi connectivity index (χ3v) is 4.42. The Kier molecular flexibility index (Phi) is 5.14. The van der Waals surface area contributed by atoms with Gasteiger partial charge in [0.05, 0.1) is 11.5 Å². The maximum absolute atomic E-state index is 12.3. The van der Waals surface area contributed by atoms with Crippen molar-refractivity contribution in [3.8, 4) is 0 Å². The SMILES string of the molecule is CCOC(=NS(=O)(=O)c1ccc(Br)cc1)c1ccccc1. The number of hydrogen-bond acceptors (Lipinski definition) is 3. The lowest BCUT2D eigenvalue weighted by Crippen LogP contribution is -2.10. The van der Waals surface area contributed by atoms with E-state index >= 15 is 0 Å². The zero-order valence-electron chi connectivity index (χ0n) is 11.4. The monoisotopic (exact) mass is 367 g/mol. The van der Waals surface area contributed by atoms with Gasteiger partial charge in [0.2, 0.25) is 5.90 Å². The normalized spacial score (nSPS) is 12.2. The zero-order chi connectivity index (χ0) is 15.3. The molecular weight excluding hydrogens is 354 g/mol. The van der Waals surface area contributed by atoms with Crippen molar-refractivity contribution in [3.05, 3.63) is 64.6 Å². The smallest absolute Gasteiger partial charge is 0.285 e. The van der Waals surface area contributed by atoms with Gasteiger partial charge >= 0.3 is 0 Å². The molecule has 0 unspecified atom stereocenters. The van der Waals surface area contributed by atoms with E-state index in [2.05, 4.69) is 20.3 Å². The lowest BCUT2D eigenvalue weighted by Gasteiger charge is -2.07. The summed E-state index contributed by atoms with van der Waals surface area (Å²) in [5, 5.41) is 0. The third-order valence-electron chi connectivity index (χ3n) is 2.62. The average molecular weight is 368 g/mol. The quantitative estimate of drug-likeness (QED) is 0.612. The lowest BCUT2D eigenvalue weighted by atomic mass is 10.2. The first-order chi connectivity index (χ1) is 10.0. The third kappa shape index (κ3) is 4.15. The van der Waals surface area contributed by atoms with Crippen molar-refractivity contribution in [1.29, 1.82) is 0 Å². The van der Waals surface area contributed by atoms with Gasteiger partial charge in [0.1, 0.15) is 0 Å². The Morgan fingerprint density at radius 3 is 2.29 bits per heavy atom. The molecule has 2 aromatic rings. The van der Waals surface area contributed by atoms with Crippen LogP contribution in [-0.4, -0.2) is 20.9 Å². The predicted octanol–water partition coefficient (Wildman–Crippen LogP) is 3.62. The number of rotatable bonds is 4. The predicted molar refractivity (Wildman–Crippen MR) is 85.9 cm³/mol. The first-order valence-corrected chi connectivity index (χ1v) is 8.55. The van der Waals surface area contributed by atoms with Gasteiger partial charge in [0.15, 0.2) is 0 Å². The van der Waals surface area contributed by atoms with Gasteiger partial charge in [0.25, 0.3) is 10.0 Å². The van der Waals surface area contributed by atoms with Crippen LogP contribution in [0.3, 0.4) is 0 Å². The molecular formula is C15H14BrNO3S. The first-order valence-electron chi connectivity index (χ1n) is 6.31. The summed E-state index contributed by atoms with van der Waals surface area (Å²) in [7, 11) is -3.80. The minimum Gasteiger partial charge on any atom is -0.477 e. The molecule has 21 heavy (non-hydrogen) atoms. The molecule has 0 amide bonds. The Morgan fingerprint density at radius 1 is 1.10 bits per heavy atom. The van der Waals surface area contributed by atoms with Crippen LogP contribution in [0, 0.1) is 0 Å². The highest BCUT2D eigenvalue weighted by Crippen LogP contribution is 2.18. The highest BCUT2D eigenvalue weighted by molar-refractivity contribution is 9.10. The summed E-state index contributed by atoms with van der Waals surface area (Å²) in [6.07, 6.45) is 0. The summed E-state index contributed by atoms with van der Waals surface area (Å²) in [4.78, 5) is 0.124. The van der Waals surface area contributed by atoms with Crippen LogP contribution < -0.4 is 0 Å². The topological polar surface area (TPSA) is 55.7 Å². The molecule has 0 aliphatic carbocycles. The van der Waals surface area contributed by atoms with Crippen molar-refractivity contribution in [3.63, 3.8) is 0 Å². The van der Waals surface area contributed by atoms with Gasteiger partial charge in [-0.2, -0.15) is 8.42 Å². The summed E-state index contributed by atoms with van der Waals surface area (Å²) in [5.74, 6) is 0.0982. The molecule has 0 atom stereocenters. The van der Waals surface area contributed by atoms with Crippen molar-refractivity contribution in [2.24, 2.45) is 4.40 Å². The van der Waals surface area contributed by atoms with Gasteiger partial charge in [0, 0.05) is 10.0 Å². The summed E-state index contributed by atoms with van der Waals surface area (Å²) in [6, 6.07) is 15.3. The summed E-state index contributed by atoms with van der Waals surface area (Å²) < 4.78 is 34.6. The maximum atomic E-state index is 12.3. The van der Waals surface area contributed by atoms with Gasteiger partial charge in [-0.25, -0.2) is 0 Å². The van der Waals surface area contributed by atoms with Gasteiger partial charge in [-0.05, 0) is 43.3 Å². The molecule has 0 aliphatic heterocycles. The first kappa shape index (κ1) is 15.7. The van der Waals surface area contributed by atoms with Crippen LogP contribution in [0.1, 0.15) is 12.5 Å². The Morgan fingerprint density at radius 2 is 1.71 bits per heavy atom. The Hall–Kier alpha value is -1.66. The number of sulfonamides is 1. The minimum absolute atomic E-state index is 0.0982. The van der Waals surface area contributed by atoms with Crippen LogP contribution in [0.4, 0.5) is 0 Å². The van der Waals surface area contributed by atoms with Crippen LogP contribution in [0.15, 0.2) is 68.4 Å². The Bertz CT molecular complexity index is 725. The Labute approximate surface area is 132 Å². The average Bonchev–Trinajstić information content (AvgIpc) is 2.48. The van der Waals surface area contributed by atoms with Crippen molar-refractivity contribution in [2.75, 3.05) is 6.61 Å². The molecule has 0 aromatic heterocycles. The fourth-order valence-corrected chi connectivity index (χ4v) is 2.87. The van der Waals surface area contributed by atoms with Gasteiger partial charge in [-0.15, -0.1) is 4.40 Å². The highest BCUT2D eigenvalue weighted by Gasteiger charge is 2.16. The molecule has 0 fully saturated rings. The van der Waals surface area contributed by atoms with Crippen molar-refractivity contribution in [2.45, 2.75) is 11.8 Å². The maximum Gasteiger partial charge on any atom is 0.285 e. The largest absolute Gasteiger partial charge is 0.477 e. The lowest BCUT2D eigenvalue weighted by molar-refractivity contribution is 0.329. The van der Waals surface area contributed by atoms with E-state index < -0.39 is 10.0 Å². The second-order valence-corrected chi connectivity index (χ2v) is 6.64. The molecule has 2 aromatic carbocycles. The van der Waals surface area contributed by atoms with Crippen molar-refractivity contribution in [1.82, 2.24) is 0 Å². The molecule has 6 heteroatoms.